The summed E-state index contributed by atoms with van der Waals surface area (Å²) in [6, 6.07) is 10.1. The van der Waals surface area contributed by atoms with Crippen LogP contribution in [0.4, 0.5) is 10.5 Å². The van der Waals surface area contributed by atoms with Crippen LogP contribution in [-0.2, 0) is 15.1 Å². The maximum Gasteiger partial charge on any atom is 0.322 e. The van der Waals surface area contributed by atoms with Crippen molar-refractivity contribution in [2.45, 2.75) is 12.5 Å². The second-order valence-corrected chi connectivity index (χ2v) is 6.43. The number of carbonyl (C=O) groups is 3. The van der Waals surface area contributed by atoms with Crippen LogP contribution < -0.4 is 16.0 Å². The van der Waals surface area contributed by atoms with Crippen molar-refractivity contribution in [3.8, 4) is 0 Å². The van der Waals surface area contributed by atoms with E-state index in [4.69, 9.17) is 0 Å². The van der Waals surface area contributed by atoms with E-state index in [1.165, 1.54) is 17.4 Å². The Bertz CT molecular complexity index is 829. The second kappa shape index (κ2) is 6.29. The largest absolute Gasteiger partial charge is 0.323 e. The lowest BCUT2D eigenvalue weighted by atomic mass is 9.92. The van der Waals surface area contributed by atoms with Gasteiger partial charge in [-0.25, -0.2) is 4.79 Å². The molecule has 1 fully saturated rings. The van der Waals surface area contributed by atoms with E-state index in [0.29, 0.717) is 11.3 Å². The number of hydrogen-bond donors (Lipinski definition) is 3. The van der Waals surface area contributed by atoms with E-state index in [-0.39, 0.29) is 5.91 Å². The number of hydrogen-bond acceptors (Lipinski definition) is 4. The van der Waals surface area contributed by atoms with E-state index in [1.54, 1.807) is 37.3 Å². The fourth-order valence-electron chi connectivity index (χ4n) is 2.38. The molecule has 3 N–H and O–H groups in total. The van der Waals surface area contributed by atoms with Crippen molar-refractivity contribution in [3.05, 3.63) is 58.3 Å². The summed E-state index contributed by atoms with van der Waals surface area (Å²) in [6.45, 7) is 1.62. The predicted molar refractivity (Wildman–Crippen MR) is 92.5 cm³/mol. The minimum atomic E-state index is -1.15. The second-order valence-electron chi connectivity index (χ2n) is 5.45. The number of urea groups is 1. The fourth-order valence-corrected chi connectivity index (χ4v) is 3.00. The first-order valence-corrected chi connectivity index (χ1v) is 8.12. The SMILES string of the molecule is C[C@@]1(c2cccc(NC(=O)/C=C/c3cccs3)c2)NC(=O)NC1=O. The molecule has 4 amide bonds. The van der Waals surface area contributed by atoms with Gasteiger partial charge < -0.3 is 10.6 Å². The molecule has 2 heterocycles. The molecule has 0 unspecified atom stereocenters. The third-order valence-corrected chi connectivity index (χ3v) is 4.53. The molecule has 0 bridgehead atoms. The Morgan fingerprint density at radius 2 is 2.08 bits per heavy atom. The number of nitrogens with one attached hydrogen (secondary N) is 3. The summed E-state index contributed by atoms with van der Waals surface area (Å²) in [5.41, 5.74) is -0.0145. The number of imide groups is 1. The highest BCUT2D eigenvalue weighted by Gasteiger charge is 2.43. The Labute approximate surface area is 142 Å². The number of rotatable bonds is 4. The third-order valence-electron chi connectivity index (χ3n) is 3.69. The molecule has 3 rings (SSSR count). The van der Waals surface area contributed by atoms with Crippen LogP contribution in [0.1, 0.15) is 17.4 Å². The van der Waals surface area contributed by atoms with Gasteiger partial charge in [0, 0.05) is 16.6 Å². The van der Waals surface area contributed by atoms with E-state index in [9.17, 15) is 14.4 Å². The molecule has 0 spiro atoms. The fraction of sp³-hybridized carbons (Fsp3) is 0.118. The minimum Gasteiger partial charge on any atom is -0.323 e. The van der Waals surface area contributed by atoms with E-state index in [2.05, 4.69) is 16.0 Å². The Morgan fingerprint density at radius 1 is 1.25 bits per heavy atom. The minimum absolute atomic E-state index is 0.273. The van der Waals surface area contributed by atoms with Crippen LogP contribution in [-0.4, -0.2) is 17.8 Å². The normalized spacial score (nSPS) is 20.0. The highest BCUT2D eigenvalue weighted by molar-refractivity contribution is 7.10. The van der Waals surface area contributed by atoms with Crippen LogP contribution >= 0.6 is 11.3 Å². The van der Waals surface area contributed by atoms with Gasteiger partial charge >= 0.3 is 6.03 Å². The summed E-state index contributed by atoms with van der Waals surface area (Å²) < 4.78 is 0. The average molecular weight is 341 g/mol. The highest BCUT2D eigenvalue weighted by Crippen LogP contribution is 2.26. The molecule has 6 nitrogen and oxygen atoms in total. The molecule has 2 aromatic rings. The maximum atomic E-state index is 12.0. The van der Waals surface area contributed by atoms with Crippen molar-refractivity contribution in [1.29, 1.82) is 0 Å². The number of anilines is 1. The Morgan fingerprint density at radius 3 is 2.75 bits per heavy atom. The van der Waals surface area contributed by atoms with E-state index in [1.807, 2.05) is 17.5 Å². The summed E-state index contributed by atoms with van der Waals surface area (Å²) in [5.74, 6) is -0.695. The third kappa shape index (κ3) is 3.21. The Kier molecular flexibility index (Phi) is 4.18. The first kappa shape index (κ1) is 15.9. The Hall–Kier alpha value is -2.93. The molecule has 1 atom stereocenters. The number of benzene rings is 1. The summed E-state index contributed by atoms with van der Waals surface area (Å²) in [7, 11) is 0. The molecule has 0 aliphatic carbocycles. The molecule has 1 saturated heterocycles. The number of amides is 4. The monoisotopic (exact) mass is 341 g/mol. The first-order chi connectivity index (χ1) is 11.5. The van der Waals surface area contributed by atoms with Crippen LogP contribution in [0.15, 0.2) is 47.9 Å². The molecule has 0 saturated carbocycles. The summed E-state index contributed by atoms with van der Waals surface area (Å²) in [5, 5.41) is 9.49. The topological polar surface area (TPSA) is 87.3 Å². The quantitative estimate of drug-likeness (QED) is 0.590. The van der Waals surface area contributed by atoms with Crippen LogP contribution in [0.25, 0.3) is 6.08 Å². The average Bonchev–Trinajstić information content (AvgIpc) is 3.14. The van der Waals surface area contributed by atoms with Crippen molar-refractivity contribution in [2.24, 2.45) is 0 Å². The van der Waals surface area contributed by atoms with Gasteiger partial charge in [-0.05, 0) is 42.1 Å². The zero-order valence-electron chi connectivity index (χ0n) is 12.8. The van der Waals surface area contributed by atoms with E-state index >= 15 is 0 Å². The van der Waals surface area contributed by atoms with E-state index in [0.717, 1.165) is 4.88 Å². The summed E-state index contributed by atoms with van der Waals surface area (Å²) >= 11 is 1.54. The lowest BCUT2D eigenvalue weighted by molar-refractivity contribution is -0.123. The van der Waals surface area contributed by atoms with Crippen molar-refractivity contribution in [3.63, 3.8) is 0 Å². The molecule has 1 aliphatic rings. The standard InChI is InChI=1S/C17H15N3O3S/c1-17(15(22)19-16(23)20-17)11-4-2-5-12(10-11)18-14(21)8-7-13-6-3-9-24-13/h2-10H,1H3,(H,18,21)(H2,19,20,22,23)/b8-7+/t17-/m0/s1. The predicted octanol–water partition coefficient (Wildman–Crippen LogP) is 2.45. The molecule has 122 valence electrons. The summed E-state index contributed by atoms with van der Waals surface area (Å²) in [6.07, 6.45) is 3.18. The first-order valence-electron chi connectivity index (χ1n) is 7.24. The van der Waals surface area contributed by atoms with Gasteiger partial charge in [0.25, 0.3) is 5.91 Å². The van der Waals surface area contributed by atoms with Gasteiger partial charge in [0.15, 0.2) is 0 Å². The molecule has 7 heteroatoms. The van der Waals surface area contributed by atoms with Gasteiger partial charge in [-0.15, -0.1) is 11.3 Å². The van der Waals surface area contributed by atoms with Gasteiger partial charge in [0.2, 0.25) is 5.91 Å². The lowest BCUT2D eigenvalue weighted by Crippen LogP contribution is -2.40. The lowest BCUT2D eigenvalue weighted by Gasteiger charge is -2.21. The van der Waals surface area contributed by atoms with Crippen molar-refractivity contribution in [2.75, 3.05) is 5.32 Å². The molecular weight excluding hydrogens is 326 g/mol. The van der Waals surface area contributed by atoms with E-state index < -0.39 is 17.5 Å². The van der Waals surface area contributed by atoms with Crippen LogP contribution in [0.3, 0.4) is 0 Å². The van der Waals surface area contributed by atoms with Crippen LogP contribution in [0.5, 0.6) is 0 Å². The molecule has 1 aliphatic heterocycles. The van der Waals surface area contributed by atoms with Gasteiger partial charge in [-0.3, -0.25) is 14.9 Å². The number of carbonyl (C=O) groups excluding carboxylic acids is 3. The maximum absolute atomic E-state index is 12.0. The molecule has 1 aromatic heterocycles. The zero-order valence-corrected chi connectivity index (χ0v) is 13.6. The molecule has 24 heavy (non-hydrogen) atoms. The Balaban J connectivity index is 1.75. The molecule has 0 radical (unpaired) electrons. The highest BCUT2D eigenvalue weighted by atomic mass is 32.1. The number of thiophene rings is 1. The van der Waals surface area contributed by atoms with Crippen molar-refractivity contribution >= 4 is 40.9 Å². The van der Waals surface area contributed by atoms with Crippen LogP contribution in [0.2, 0.25) is 0 Å². The molecule has 1 aromatic carbocycles. The van der Waals surface area contributed by atoms with Gasteiger partial charge in [0.1, 0.15) is 5.54 Å². The summed E-state index contributed by atoms with van der Waals surface area (Å²) in [4.78, 5) is 36.3. The van der Waals surface area contributed by atoms with Gasteiger partial charge in [-0.1, -0.05) is 18.2 Å². The van der Waals surface area contributed by atoms with Crippen molar-refractivity contribution in [1.82, 2.24) is 10.6 Å². The van der Waals surface area contributed by atoms with Crippen LogP contribution in [0, 0.1) is 0 Å². The van der Waals surface area contributed by atoms with Gasteiger partial charge in [0.05, 0.1) is 0 Å². The smallest absolute Gasteiger partial charge is 0.322 e. The van der Waals surface area contributed by atoms with Gasteiger partial charge in [-0.2, -0.15) is 0 Å². The van der Waals surface area contributed by atoms with Crippen molar-refractivity contribution < 1.29 is 14.4 Å². The zero-order chi connectivity index (χ0) is 17.2. The molecular formula is C17H15N3O3S.